The van der Waals surface area contributed by atoms with Crippen molar-refractivity contribution in [3.63, 3.8) is 0 Å². The minimum Gasteiger partial charge on any atom is -0.326 e. The van der Waals surface area contributed by atoms with Gasteiger partial charge in [0.2, 0.25) is 0 Å². The van der Waals surface area contributed by atoms with Crippen molar-refractivity contribution in [2.24, 2.45) is 10.7 Å². The Bertz CT molecular complexity index is 70.9. The first-order valence-corrected chi connectivity index (χ1v) is 2.93. The molecule has 0 saturated carbocycles. The van der Waals surface area contributed by atoms with E-state index in [1.54, 1.807) is 0 Å². The number of aliphatic imine (C=N–C) groups is 1. The minimum absolute atomic E-state index is 0.187. The zero-order valence-corrected chi connectivity index (χ0v) is 5.59. The van der Waals surface area contributed by atoms with Gasteiger partial charge in [0.1, 0.15) is 0 Å². The second-order valence-electron chi connectivity index (χ2n) is 2.00. The van der Waals surface area contributed by atoms with Gasteiger partial charge in [-0.3, -0.25) is 4.99 Å². The summed E-state index contributed by atoms with van der Waals surface area (Å²) in [5.41, 5.74) is 5.59. The lowest BCUT2D eigenvalue weighted by atomic mass is 10.1. The maximum absolute atomic E-state index is 5.59. The molecule has 0 aliphatic carbocycles. The molecular weight excluding hydrogens is 100 g/mol. The van der Waals surface area contributed by atoms with Gasteiger partial charge in [0.05, 0.1) is 6.04 Å². The Balaban J connectivity index is 3.44. The van der Waals surface area contributed by atoms with Crippen LogP contribution in [-0.4, -0.2) is 18.8 Å². The van der Waals surface area contributed by atoms with Gasteiger partial charge in [-0.15, -0.1) is 0 Å². The highest BCUT2D eigenvalue weighted by Gasteiger charge is 2.05. The lowest BCUT2D eigenvalue weighted by Gasteiger charge is -2.11. The summed E-state index contributed by atoms with van der Waals surface area (Å²) in [5, 5.41) is 0. The molecule has 0 saturated heterocycles. The molecule has 48 valence electrons. The first-order valence-electron chi connectivity index (χ1n) is 2.93. The predicted molar refractivity (Wildman–Crippen MR) is 37.3 cm³/mol. The Hall–Kier alpha value is -0.370. The van der Waals surface area contributed by atoms with Gasteiger partial charge >= 0.3 is 0 Å². The Kier molecular flexibility index (Phi) is 3.44. The van der Waals surface area contributed by atoms with Crippen LogP contribution in [0.2, 0.25) is 0 Å². The van der Waals surface area contributed by atoms with Crippen molar-refractivity contribution in [1.82, 2.24) is 0 Å². The van der Waals surface area contributed by atoms with Crippen molar-refractivity contribution in [2.45, 2.75) is 32.4 Å². The van der Waals surface area contributed by atoms with Crippen LogP contribution in [0.15, 0.2) is 4.99 Å². The first kappa shape index (κ1) is 7.63. The van der Waals surface area contributed by atoms with Gasteiger partial charge < -0.3 is 5.73 Å². The van der Waals surface area contributed by atoms with Crippen molar-refractivity contribution >= 4 is 6.72 Å². The fourth-order valence-electron chi connectivity index (χ4n) is 0.477. The molecule has 0 aliphatic rings. The molecule has 0 fully saturated rings. The molecule has 2 heteroatoms. The summed E-state index contributed by atoms with van der Waals surface area (Å²) in [4.78, 5) is 3.78. The standard InChI is InChI=1S/C6H14N2/c1-4-6(7)5(2)8-3/h5-6H,3-4,7H2,1-2H3. The molecule has 0 aromatic carbocycles. The van der Waals surface area contributed by atoms with Crippen LogP contribution in [0.25, 0.3) is 0 Å². The summed E-state index contributed by atoms with van der Waals surface area (Å²) in [6.07, 6.45) is 0.972. The van der Waals surface area contributed by atoms with Gasteiger partial charge in [-0.05, 0) is 20.1 Å². The summed E-state index contributed by atoms with van der Waals surface area (Å²) in [6.45, 7) is 7.42. The Morgan fingerprint density at radius 2 is 2.25 bits per heavy atom. The average Bonchev–Trinajstić information content (AvgIpc) is 1.84. The molecule has 0 bridgehead atoms. The van der Waals surface area contributed by atoms with Gasteiger partial charge in [-0.25, -0.2) is 0 Å². The maximum atomic E-state index is 5.59. The summed E-state index contributed by atoms with van der Waals surface area (Å²) in [7, 11) is 0. The van der Waals surface area contributed by atoms with E-state index in [4.69, 9.17) is 5.73 Å². The summed E-state index contributed by atoms with van der Waals surface area (Å²) in [6, 6.07) is 0.396. The van der Waals surface area contributed by atoms with Crippen LogP contribution in [0.4, 0.5) is 0 Å². The highest BCUT2D eigenvalue weighted by Crippen LogP contribution is 1.96. The zero-order chi connectivity index (χ0) is 6.57. The Morgan fingerprint density at radius 3 is 2.38 bits per heavy atom. The normalized spacial score (nSPS) is 17.4. The van der Waals surface area contributed by atoms with E-state index < -0.39 is 0 Å². The molecule has 0 heterocycles. The summed E-state index contributed by atoms with van der Waals surface area (Å²) >= 11 is 0. The molecule has 0 spiro atoms. The number of nitrogens with two attached hydrogens (primary N) is 1. The number of hydrogen-bond donors (Lipinski definition) is 1. The number of nitrogens with zero attached hydrogens (tertiary/aromatic N) is 1. The van der Waals surface area contributed by atoms with Crippen molar-refractivity contribution in [2.75, 3.05) is 0 Å². The number of rotatable bonds is 3. The topological polar surface area (TPSA) is 38.4 Å². The molecule has 2 N–H and O–H groups in total. The third-order valence-corrected chi connectivity index (χ3v) is 1.38. The molecule has 0 aromatic rings. The zero-order valence-electron chi connectivity index (χ0n) is 5.59. The van der Waals surface area contributed by atoms with Crippen molar-refractivity contribution in [3.8, 4) is 0 Å². The molecule has 2 nitrogen and oxygen atoms in total. The molecule has 8 heavy (non-hydrogen) atoms. The smallest absolute Gasteiger partial charge is 0.0615 e. The molecule has 0 amide bonds. The Labute approximate surface area is 50.8 Å². The molecule has 0 rings (SSSR count). The van der Waals surface area contributed by atoms with Gasteiger partial charge in [0, 0.05) is 6.04 Å². The summed E-state index contributed by atoms with van der Waals surface area (Å²) in [5.74, 6) is 0. The Morgan fingerprint density at radius 1 is 1.75 bits per heavy atom. The molecular formula is C6H14N2. The lowest BCUT2D eigenvalue weighted by molar-refractivity contribution is 0.550. The fourth-order valence-corrected chi connectivity index (χ4v) is 0.477. The van der Waals surface area contributed by atoms with Crippen LogP contribution in [0, 0.1) is 0 Å². The van der Waals surface area contributed by atoms with E-state index in [-0.39, 0.29) is 12.1 Å². The fraction of sp³-hybridized carbons (Fsp3) is 0.833. The van der Waals surface area contributed by atoms with Crippen molar-refractivity contribution in [3.05, 3.63) is 0 Å². The van der Waals surface area contributed by atoms with Crippen LogP contribution in [-0.2, 0) is 0 Å². The van der Waals surface area contributed by atoms with Crippen LogP contribution in [0.3, 0.4) is 0 Å². The van der Waals surface area contributed by atoms with E-state index in [1.807, 2.05) is 13.8 Å². The maximum Gasteiger partial charge on any atom is 0.0615 e. The molecule has 2 atom stereocenters. The van der Waals surface area contributed by atoms with Crippen LogP contribution >= 0.6 is 0 Å². The van der Waals surface area contributed by atoms with E-state index in [9.17, 15) is 0 Å². The minimum atomic E-state index is 0.187. The SMILES string of the molecule is C=NC(C)C(N)CC. The van der Waals surface area contributed by atoms with Crippen LogP contribution in [0.1, 0.15) is 20.3 Å². The molecule has 0 aromatic heterocycles. The predicted octanol–water partition coefficient (Wildman–Crippen LogP) is 0.813. The highest BCUT2D eigenvalue weighted by atomic mass is 14.8. The monoisotopic (exact) mass is 114 g/mol. The third-order valence-electron chi connectivity index (χ3n) is 1.38. The van der Waals surface area contributed by atoms with E-state index in [1.165, 1.54) is 0 Å². The van der Waals surface area contributed by atoms with Crippen LogP contribution in [0.5, 0.6) is 0 Å². The lowest BCUT2D eigenvalue weighted by Crippen LogP contribution is -2.29. The van der Waals surface area contributed by atoms with E-state index in [0.717, 1.165) is 6.42 Å². The van der Waals surface area contributed by atoms with Gasteiger partial charge in [-0.2, -0.15) is 0 Å². The van der Waals surface area contributed by atoms with E-state index in [2.05, 4.69) is 11.7 Å². The summed E-state index contributed by atoms with van der Waals surface area (Å²) < 4.78 is 0. The number of hydrogen-bond acceptors (Lipinski definition) is 2. The third kappa shape index (κ3) is 2.07. The molecule has 0 aliphatic heterocycles. The quantitative estimate of drug-likeness (QED) is 0.542. The van der Waals surface area contributed by atoms with Gasteiger partial charge in [0.15, 0.2) is 0 Å². The molecule has 2 unspecified atom stereocenters. The largest absolute Gasteiger partial charge is 0.326 e. The molecule has 0 radical (unpaired) electrons. The van der Waals surface area contributed by atoms with Gasteiger partial charge in [-0.1, -0.05) is 6.92 Å². The van der Waals surface area contributed by atoms with Gasteiger partial charge in [0.25, 0.3) is 0 Å². The van der Waals surface area contributed by atoms with Crippen molar-refractivity contribution in [1.29, 1.82) is 0 Å². The van der Waals surface area contributed by atoms with Crippen LogP contribution < -0.4 is 5.73 Å². The second-order valence-corrected chi connectivity index (χ2v) is 2.00. The first-order chi connectivity index (χ1) is 3.72. The van der Waals surface area contributed by atoms with Crippen molar-refractivity contribution < 1.29 is 0 Å². The average molecular weight is 114 g/mol. The van der Waals surface area contributed by atoms with E-state index in [0.29, 0.717) is 0 Å². The second kappa shape index (κ2) is 3.61. The highest BCUT2D eigenvalue weighted by molar-refractivity contribution is 5.24. The van der Waals surface area contributed by atoms with E-state index >= 15 is 0 Å².